The molecule has 0 bridgehead atoms. The first-order chi connectivity index (χ1) is 18.1. The van der Waals surface area contributed by atoms with Crippen LogP contribution in [0.4, 0.5) is 28.6 Å². The highest BCUT2D eigenvalue weighted by Crippen LogP contribution is 2.34. The van der Waals surface area contributed by atoms with Crippen molar-refractivity contribution in [2.75, 3.05) is 24.9 Å². The summed E-state index contributed by atoms with van der Waals surface area (Å²) in [6.07, 6.45) is 0. The summed E-state index contributed by atoms with van der Waals surface area (Å²) in [5.41, 5.74) is 2.53. The van der Waals surface area contributed by atoms with E-state index in [1.807, 2.05) is 78.9 Å². The number of hydrogen-bond acceptors (Lipinski definition) is 8. The van der Waals surface area contributed by atoms with E-state index in [0.717, 1.165) is 5.56 Å². The Bertz CT molecular complexity index is 1460. The van der Waals surface area contributed by atoms with Gasteiger partial charge in [-0.15, -0.1) is 10.2 Å². The van der Waals surface area contributed by atoms with Crippen LogP contribution in [0.15, 0.2) is 100.0 Å². The number of nitrogens with zero attached hydrogens (tertiary/aromatic N) is 2. The Labute approximate surface area is 218 Å². The minimum absolute atomic E-state index is 0.00119. The molecule has 1 aromatic heterocycles. The predicted octanol–water partition coefficient (Wildman–Crippen LogP) is 6.83. The molecule has 0 radical (unpaired) electrons. The molecule has 188 valence electrons. The highest BCUT2D eigenvalue weighted by Gasteiger charge is 2.13. The smallest absolute Gasteiger partial charge is 0.277 e. The number of aromatic nitrogens is 1. The fraction of sp³-hybridized carbons (Fsp3) is 0.111. The molecule has 4 rings (SSSR count). The molecule has 4 aromatic rings. The highest BCUT2D eigenvalue weighted by atomic mass is 32.2. The van der Waals surface area contributed by atoms with Gasteiger partial charge in [-0.05, 0) is 35.9 Å². The van der Waals surface area contributed by atoms with E-state index >= 15 is 0 Å². The highest BCUT2D eigenvalue weighted by molar-refractivity contribution is 8.13. The molecule has 0 amide bonds. The normalized spacial score (nSPS) is 10.8. The average molecular weight is 515 g/mol. The summed E-state index contributed by atoms with van der Waals surface area (Å²) in [6, 6.07) is 26.1. The van der Waals surface area contributed by atoms with Gasteiger partial charge in [-0.1, -0.05) is 66.4 Å². The molecule has 0 atom stereocenters. The summed E-state index contributed by atoms with van der Waals surface area (Å²) < 4.78 is 10.9. The van der Waals surface area contributed by atoms with Crippen molar-refractivity contribution < 1.29 is 9.47 Å². The standard InChI is InChI=1S/C27H26N6O3S/c1-35-23-14-8-6-12-19(23)29-21-16-22(32-33-27(28)37-17-18-10-4-3-5-11-18)26(34)31-25(21)30-20-13-7-9-15-24(20)36-2/h3-16,28-29H,17H2,1-2H3,(H2,30,31,34). The lowest BCUT2D eigenvalue weighted by Gasteiger charge is -2.17. The number of anilines is 4. The number of pyridine rings is 1. The largest absolute Gasteiger partial charge is 0.495 e. The van der Waals surface area contributed by atoms with Gasteiger partial charge in [-0.3, -0.25) is 10.2 Å². The summed E-state index contributed by atoms with van der Waals surface area (Å²) in [6.45, 7) is 0. The number of thioether (sulfide) groups is 1. The Kier molecular flexibility index (Phi) is 8.56. The van der Waals surface area contributed by atoms with Crippen LogP contribution in [-0.2, 0) is 5.75 Å². The van der Waals surface area contributed by atoms with Gasteiger partial charge in [-0.2, -0.15) is 0 Å². The maximum atomic E-state index is 12.9. The Balaban J connectivity index is 1.63. The van der Waals surface area contributed by atoms with Crippen LogP contribution >= 0.6 is 11.8 Å². The SMILES string of the molecule is COc1ccccc1Nc1cc(N=NC(=N)SCc2ccccc2)c(=O)[nH]c1Nc1ccccc1OC. The molecule has 9 nitrogen and oxygen atoms in total. The summed E-state index contributed by atoms with van der Waals surface area (Å²) in [7, 11) is 3.16. The zero-order valence-corrected chi connectivity index (χ0v) is 21.1. The third-order valence-electron chi connectivity index (χ3n) is 5.23. The van der Waals surface area contributed by atoms with Crippen molar-refractivity contribution in [3.63, 3.8) is 0 Å². The Morgan fingerprint density at radius 1 is 0.865 bits per heavy atom. The molecule has 10 heteroatoms. The first-order valence-electron chi connectivity index (χ1n) is 11.3. The van der Waals surface area contributed by atoms with E-state index < -0.39 is 5.56 Å². The van der Waals surface area contributed by atoms with Gasteiger partial charge in [0.2, 0.25) is 5.17 Å². The van der Waals surface area contributed by atoms with Gasteiger partial charge in [0.1, 0.15) is 17.3 Å². The van der Waals surface area contributed by atoms with Crippen molar-refractivity contribution in [3.8, 4) is 11.5 Å². The van der Waals surface area contributed by atoms with Crippen molar-refractivity contribution in [2.24, 2.45) is 10.2 Å². The van der Waals surface area contributed by atoms with Gasteiger partial charge in [-0.25, -0.2) is 0 Å². The van der Waals surface area contributed by atoms with Gasteiger partial charge in [0.05, 0.1) is 31.3 Å². The molecule has 0 unspecified atom stereocenters. The van der Waals surface area contributed by atoms with Gasteiger partial charge in [0.15, 0.2) is 5.69 Å². The number of hydrogen-bond donors (Lipinski definition) is 4. The number of amidine groups is 1. The molecule has 37 heavy (non-hydrogen) atoms. The minimum Gasteiger partial charge on any atom is -0.495 e. The van der Waals surface area contributed by atoms with Crippen molar-refractivity contribution in [2.45, 2.75) is 5.75 Å². The molecular weight excluding hydrogens is 488 g/mol. The van der Waals surface area contributed by atoms with Gasteiger partial charge in [0.25, 0.3) is 5.56 Å². The zero-order valence-electron chi connectivity index (χ0n) is 20.3. The second-order valence-electron chi connectivity index (χ2n) is 7.70. The Hall–Kier alpha value is -4.57. The maximum absolute atomic E-state index is 12.9. The maximum Gasteiger partial charge on any atom is 0.277 e. The number of aromatic amines is 1. The molecule has 0 aliphatic carbocycles. The third kappa shape index (κ3) is 6.77. The average Bonchev–Trinajstić information content (AvgIpc) is 2.93. The van der Waals surface area contributed by atoms with Crippen LogP contribution in [0.25, 0.3) is 0 Å². The van der Waals surface area contributed by atoms with Crippen LogP contribution < -0.4 is 25.7 Å². The quantitative estimate of drug-likeness (QED) is 0.110. The van der Waals surface area contributed by atoms with Gasteiger partial charge >= 0.3 is 0 Å². The number of para-hydroxylation sites is 4. The van der Waals surface area contributed by atoms with Crippen molar-refractivity contribution in [1.82, 2.24) is 4.98 Å². The lowest BCUT2D eigenvalue weighted by atomic mass is 10.2. The van der Waals surface area contributed by atoms with Crippen LogP contribution in [0.3, 0.4) is 0 Å². The molecule has 1 heterocycles. The van der Waals surface area contributed by atoms with E-state index in [1.54, 1.807) is 20.3 Å². The number of rotatable bonds is 9. The first kappa shape index (κ1) is 25.5. The van der Waals surface area contributed by atoms with Gasteiger partial charge in [0, 0.05) is 5.75 Å². The van der Waals surface area contributed by atoms with Crippen molar-refractivity contribution in [3.05, 3.63) is 101 Å². The van der Waals surface area contributed by atoms with Crippen molar-refractivity contribution >= 4 is 45.5 Å². The topological polar surface area (TPSA) is 124 Å². The van der Waals surface area contributed by atoms with Crippen LogP contribution in [0.1, 0.15) is 5.56 Å². The minimum atomic E-state index is -0.465. The molecule has 0 aliphatic heterocycles. The van der Waals surface area contributed by atoms with Crippen LogP contribution in [0, 0.1) is 5.41 Å². The molecule has 0 fully saturated rings. The molecule has 4 N–H and O–H groups in total. The number of H-pyrrole nitrogens is 1. The Morgan fingerprint density at radius 2 is 1.46 bits per heavy atom. The monoisotopic (exact) mass is 514 g/mol. The van der Waals surface area contributed by atoms with Crippen LogP contribution in [0.5, 0.6) is 11.5 Å². The number of methoxy groups -OCH3 is 2. The summed E-state index contributed by atoms with van der Waals surface area (Å²) >= 11 is 1.23. The fourth-order valence-electron chi connectivity index (χ4n) is 3.42. The molecule has 0 saturated heterocycles. The van der Waals surface area contributed by atoms with E-state index in [1.165, 1.54) is 11.8 Å². The molecular formula is C27H26N6O3S. The predicted molar refractivity (Wildman–Crippen MR) is 150 cm³/mol. The van der Waals surface area contributed by atoms with Crippen LogP contribution in [0.2, 0.25) is 0 Å². The lowest BCUT2D eigenvalue weighted by Crippen LogP contribution is -2.11. The van der Waals surface area contributed by atoms with E-state index in [2.05, 4.69) is 25.8 Å². The molecule has 0 spiro atoms. The number of nitrogens with one attached hydrogen (secondary N) is 4. The molecule has 0 aliphatic rings. The second kappa shape index (κ2) is 12.4. The lowest BCUT2D eigenvalue weighted by molar-refractivity contribution is 0.416. The zero-order chi connectivity index (χ0) is 26.0. The third-order valence-corrected chi connectivity index (χ3v) is 6.06. The van der Waals surface area contributed by atoms with Gasteiger partial charge < -0.3 is 25.1 Å². The number of azo groups is 1. The molecule has 3 aromatic carbocycles. The first-order valence-corrected chi connectivity index (χ1v) is 12.3. The fourth-order valence-corrected chi connectivity index (χ4v) is 4.01. The van der Waals surface area contributed by atoms with Crippen LogP contribution in [-0.4, -0.2) is 24.4 Å². The van der Waals surface area contributed by atoms with E-state index in [9.17, 15) is 4.79 Å². The van der Waals surface area contributed by atoms with E-state index in [4.69, 9.17) is 14.9 Å². The Morgan fingerprint density at radius 3 is 2.11 bits per heavy atom. The number of ether oxygens (including phenoxy) is 2. The summed E-state index contributed by atoms with van der Waals surface area (Å²) in [5, 5.41) is 22.6. The summed E-state index contributed by atoms with van der Waals surface area (Å²) in [5.74, 6) is 2.21. The van der Waals surface area contributed by atoms with Crippen molar-refractivity contribution in [1.29, 1.82) is 5.41 Å². The molecule has 0 saturated carbocycles. The second-order valence-corrected chi connectivity index (χ2v) is 8.67. The summed E-state index contributed by atoms with van der Waals surface area (Å²) in [4.78, 5) is 15.7. The van der Waals surface area contributed by atoms with E-state index in [0.29, 0.717) is 40.1 Å². The number of benzene rings is 3. The van der Waals surface area contributed by atoms with E-state index in [-0.39, 0.29) is 10.9 Å².